The number of hydrogen-bond acceptors (Lipinski definition) is 3. The molecule has 4 nitrogen and oxygen atoms in total. The molecule has 4 rings (SSSR count). The number of nitrogens with one attached hydrogen (secondary N) is 2. The predicted octanol–water partition coefficient (Wildman–Crippen LogP) is 2.01. The van der Waals surface area contributed by atoms with Gasteiger partial charge in [0.15, 0.2) is 6.17 Å². The number of carbonyl (C=O) groups excluding carboxylic acids is 1. The van der Waals surface area contributed by atoms with Gasteiger partial charge in [0.05, 0.1) is 5.70 Å². The molecule has 5 heteroatoms. The molecule has 2 N–H and O–H groups in total. The first-order valence-electron chi connectivity index (χ1n) is 7.34. The van der Waals surface area contributed by atoms with Crippen LogP contribution in [0.15, 0.2) is 35.3 Å². The highest BCUT2D eigenvalue weighted by Crippen LogP contribution is 2.44. The van der Waals surface area contributed by atoms with Crippen LogP contribution >= 0.6 is 11.6 Å². The lowest BCUT2D eigenvalue weighted by atomic mass is 10.1. The summed E-state index contributed by atoms with van der Waals surface area (Å²) in [6, 6.07) is 0.372. The van der Waals surface area contributed by atoms with Crippen molar-refractivity contribution in [1.29, 1.82) is 0 Å². The van der Waals surface area contributed by atoms with E-state index in [-0.39, 0.29) is 5.91 Å². The molecule has 4 aliphatic rings. The molecule has 0 aromatic carbocycles. The zero-order valence-electron chi connectivity index (χ0n) is 11.2. The molecule has 0 saturated heterocycles. The number of rotatable bonds is 4. The number of hydrogen-bond donors (Lipinski definition) is 2. The van der Waals surface area contributed by atoms with Gasteiger partial charge < -0.3 is 15.5 Å². The number of amides is 1. The molecule has 0 bridgehead atoms. The zero-order valence-corrected chi connectivity index (χ0v) is 11.9. The van der Waals surface area contributed by atoms with Gasteiger partial charge in [-0.2, -0.15) is 0 Å². The normalized spacial score (nSPS) is 27.9. The van der Waals surface area contributed by atoms with Crippen molar-refractivity contribution < 1.29 is 4.79 Å². The molecule has 106 valence electrons. The van der Waals surface area contributed by atoms with E-state index in [1.165, 1.54) is 25.7 Å². The van der Waals surface area contributed by atoms with E-state index in [1.54, 1.807) is 0 Å². The van der Waals surface area contributed by atoms with Crippen LogP contribution in [0.1, 0.15) is 25.7 Å². The molecule has 1 unspecified atom stereocenters. The average Bonchev–Trinajstić information content (AvgIpc) is 3.35. The highest BCUT2D eigenvalue weighted by Gasteiger charge is 2.44. The first-order chi connectivity index (χ1) is 9.74. The molecule has 2 aliphatic carbocycles. The molecule has 0 aromatic rings. The molecular formula is C15H18ClN3O. The minimum absolute atomic E-state index is 0.0295. The van der Waals surface area contributed by atoms with E-state index >= 15 is 0 Å². The van der Waals surface area contributed by atoms with Crippen LogP contribution in [0.25, 0.3) is 0 Å². The summed E-state index contributed by atoms with van der Waals surface area (Å²) < 4.78 is 0. The van der Waals surface area contributed by atoms with Crippen LogP contribution in [-0.2, 0) is 4.79 Å². The molecule has 0 spiro atoms. The van der Waals surface area contributed by atoms with Crippen LogP contribution in [0, 0.1) is 11.8 Å². The summed E-state index contributed by atoms with van der Waals surface area (Å²) in [5, 5.41) is 6.87. The standard InChI is InChI=1S/C15H18ClN3O/c16-13-11-3-1-2-8-19(11)14(18-13)15(20)17-12(9-4-5-9)10-6-7-10/h1-3,8-10,12,14,18H,4-7H2,(H,17,20). The lowest BCUT2D eigenvalue weighted by molar-refractivity contribution is -0.126. The maximum absolute atomic E-state index is 12.6. The van der Waals surface area contributed by atoms with Crippen LogP contribution < -0.4 is 10.6 Å². The highest BCUT2D eigenvalue weighted by atomic mass is 35.5. The average molecular weight is 292 g/mol. The summed E-state index contributed by atoms with van der Waals surface area (Å²) in [6.07, 6.45) is 12.3. The Kier molecular flexibility index (Phi) is 2.81. The Labute approximate surface area is 123 Å². The van der Waals surface area contributed by atoms with Crippen LogP contribution in [0.2, 0.25) is 0 Å². The van der Waals surface area contributed by atoms with E-state index in [4.69, 9.17) is 11.6 Å². The van der Waals surface area contributed by atoms with Crippen molar-refractivity contribution in [2.75, 3.05) is 0 Å². The number of fused-ring (bicyclic) bond motifs is 1. The smallest absolute Gasteiger partial charge is 0.264 e. The van der Waals surface area contributed by atoms with Crippen LogP contribution in [-0.4, -0.2) is 23.0 Å². The fourth-order valence-corrected chi connectivity index (χ4v) is 3.36. The molecule has 2 fully saturated rings. The first kappa shape index (κ1) is 12.3. The molecular weight excluding hydrogens is 274 g/mol. The third-order valence-corrected chi connectivity index (χ3v) is 4.78. The van der Waals surface area contributed by atoms with Crippen LogP contribution in [0.4, 0.5) is 0 Å². The lowest BCUT2D eigenvalue weighted by Gasteiger charge is -2.27. The largest absolute Gasteiger partial charge is 0.349 e. The van der Waals surface area contributed by atoms with E-state index in [2.05, 4.69) is 10.6 Å². The number of carbonyl (C=O) groups is 1. The van der Waals surface area contributed by atoms with Gasteiger partial charge in [-0.15, -0.1) is 0 Å². The monoisotopic (exact) mass is 291 g/mol. The van der Waals surface area contributed by atoms with E-state index in [0.717, 1.165) is 5.70 Å². The second kappa shape index (κ2) is 4.55. The molecule has 2 aliphatic heterocycles. The molecule has 0 radical (unpaired) electrons. The SMILES string of the molecule is O=C(NC(C1CC1)C1CC1)C1NC(Cl)=C2C=CC=CN21. The maximum Gasteiger partial charge on any atom is 0.264 e. The molecule has 1 amide bonds. The van der Waals surface area contributed by atoms with Gasteiger partial charge in [0.2, 0.25) is 0 Å². The minimum Gasteiger partial charge on any atom is -0.349 e. The molecule has 2 heterocycles. The summed E-state index contributed by atoms with van der Waals surface area (Å²) in [6.45, 7) is 0. The quantitative estimate of drug-likeness (QED) is 0.779. The summed E-state index contributed by atoms with van der Waals surface area (Å²) in [4.78, 5) is 14.5. The van der Waals surface area contributed by atoms with E-state index in [1.807, 2.05) is 29.3 Å². The minimum atomic E-state index is -0.418. The van der Waals surface area contributed by atoms with E-state index < -0.39 is 6.17 Å². The first-order valence-corrected chi connectivity index (χ1v) is 7.72. The highest BCUT2D eigenvalue weighted by molar-refractivity contribution is 6.30. The van der Waals surface area contributed by atoms with Gasteiger partial charge in [-0.25, -0.2) is 0 Å². The predicted molar refractivity (Wildman–Crippen MR) is 77.3 cm³/mol. The Morgan fingerprint density at radius 1 is 1.30 bits per heavy atom. The molecule has 1 atom stereocenters. The van der Waals surface area contributed by atoms with Crippen LogP contribution in [0.5, 0.6) is 0 Å². The summed E-state index contributed by atoms with van der Waals surface area (Å²) in [5.41, 5.74) is 0.865. The van der Waals surface area contributed by atoms with Gasteiger partial charge in [-0.05, 0) is 49.7 Å². The summed E-state index contributed by atoms with van der Waals surface area (Å²) in [7, 11) is 0. The summed E-state index contributed by atoms with van der Waals surface area (Å²) in [5.74, 6) is 1.43. The topological polar surface area (TPSA) is 44.4 Å². The Hall–Kier alpha value is -1.42. The summed E-state index contributed by atoms with van der Waals surface area (Å²) >= 11 is 6.17. The number of allylic oxidation sites excluding steroid dienone is 3. The zero-order chi connectivity index (χ0) is 13.7. The van der Waals surface area contributed by atoms with Gasteiger partial charge in [0.25, 0.3) is 5.91 Å². The van der Waals surface area contributed by atoms with Crippen molar-refractivity contribution >= 4 is 17.5 Å². The van der Waals surface area contributed by atoms with Gasteiger partial charge in [-0.1, -0.05) is 17.7 Å². The fourth-order valence-electron chi connectivity index (χ4n) is 3.10. The third-order valence-electron chi connectivity index (χ3n) is 4.47. The number of halogens is 1. The number of nitrogens with zero attached hydrogens (tertiary/aromatic N) is 1. The van der Waals surface area contributed by atoms with E-state index in [9.17, 15) is 4.79 Å². The van der Waals surface area contributed by atoms with Gasteiger partial charge in [0.1, 0.15) is 5.16 Å². The Morgan fingerprint density at radius 2 is 2.00 bits per heavy atom. The van der Waals surface area contributed by atoms with Crippen molar-refractivity contribution in [1.82, 2.24) is 15.5 Å². The molecule has 2 saturated carbocycles. The van der Waals surface area contributed by atoms with E-state index in [0.29, 0.717) is 23.0 Å². The Balaban J connectivity index is 1.46. The Bertz CT molecular complexity index is 519. The molecule has 20 heavy (non-hydrogen) atoms. The van der Waals surface area contributed by atoms with Gasteiger partial charge in [0, 0.05) is 12.2 Å². The molecule has 0 aromatic heterocycles. The second-order valence-electron chi connectivity index (χ2n) is 6.06. The fraction of sp³-hybridized carbons (Fsp3) is 0.533. The maximum atomic E-state index is 12.6. The van der Waals surface area contributed by atoms with Crippen molar-refractivity contribution in [2.24, 2.45) is 11.8 Å². The van der Waals surface area contributed by atoms with Crippen molar-refractivity contribution in [2.45, 2.75) is 37.9 Å². The van der Waals surface area contributed by atoms with Crippen molar-refractivity contribution in [3.8, 4) is 0 Å². The third kappa shape index (κ3) is 2.12. The van der Waals surface area contributed by atoms with Crippen molar-refractivity contribution in [3.05, 3.63) is 35.3 Å². The van der Waals surface area contributed by atoms with Crippen molar-refractivity contribution in [3.63, 3.8) is 0 Å². The second-order valence-corrected chi connectivity index (χ2v) is 6.44. The van der Waals surface area contributed by atoms with Gasteiger partial charge in [-0.3, -0.25) is 4.79 Å². The van der Waals surface area contributed by atoms with Crippen LogP contribution in [0.3, 0.4) is 0 Å². The lowest BCUT2D eigenvalue weighted by Crippen LogP contribution is -2.52. The van der Waals surface area contributed by atoms with Gasteiger partial charge >= 0.3 is 0 Å². The Morgan fingerprint density at radius 3 is 2.65 bits per heavy atom.